The predicted octanol–water partition coefficient (Wildman–Crippen LogP) is 1.58. The van der Waals surface area contributed by atoms with Gasteiger partial charge in [-0.1, -0.05) is 12.8 Å². The molecule has 2 aliphatic rings. The molecule has 3 rings (SSSR count). The fourth-order valence-corrected chi connectivity index (χ4v) is 3.26. The maximum Gasteiger partial charge on any atom is 0.130 e. The monoisotopic (exact) mass is 260 g/mol. The average Bonchev–Trinajstić information content (AvgIpc) is 2.96. The van der Waals surface area contributed by atoms with Crippen LogP contribution >= 0.6 is 0 Å². The smallest absolute Gasteiger partial charge is 0.130 e. The van der Waals surface area contributed by atoms with Crippen molar-refractivity contribution in [1.29, 1.82) is 0 Å². The third-order valence-corrected chi connectivity index (χ3v) is 4.56. The Hall–Kier alpha value is -1.00. The van der Waals surface area contributed by atoms with Crippen molar-refractivity contribution in [2.75, 3.05) is 26.7 Å². The molecule has 104 valence electrons. The number of rotatable bonds is 3. The third-order valence-electron chi connectivity index (χ3n) is 4.56. The van der Waals surface area contributed by atoms with Crippen molar-refractivity contribution in [1.82, 2.24) is 20.2 Å². The molecule has 2 fully saturated rings. The van der Waals surface area contributed by atoms with Crippen LogP contribution in [0.25, 0.3) is 0 Å². The molecule has 1 aliphatic carbocycles. The van der Waals surface area contributed by atoms with Gasteiger partial charge in [0.15, 0.2) is 0 Å². The van der Waals surface area contributed by atoms with Gasteiger partial charge < -0.3 is 10.2 Å². The molecule has 1 N–H and O–H groups in total. The third kappa shape index (κ3) is 3.12. The fraction of sp³-hybridized carbons (Fsp3) is 0.733. The largest absolute Gasteiger partial charge is 0.314 e. The van der Waals surface area contributed by atoms with Gasteiger partial charge in [0.1, 0.15) is 5.82 Å². The Balaban J connectivity index is 1.68. The number of nitrogens with one attached hydrogen (secondary N) is 1. The van der Waals surface area contributed by atoms with Crippen molar-refractivity contribution in [3.05, 3.63) is 23.8 Å². The maximum atomic E-state index is 4.82. The van der Waals surface area contributed by atoms with Crippen LogP contribution in [0.2, 0.25) is 0 Å². The molecule has 19 heavy (non-hydrogen) atoms. The molecule has 0 spiro atoms. The molecule has 0 bridgehead atoms. The Bertz CT molecular complexity index is 414. The minimum atomic E-state index is 0.535. The first-order valence-corrected chi connectivity index (χ1v) is 7.55. The predicted molar refractivity (Wildman–Crippen MR) is 76.2 cm³/mol. The van der Waals surface area contributed by atoms with Crippen molar-refractivity contribution in [3.8, 4) is 0 Å². The topological polar surface area (TPSA) is 41.0 Å². The van der Waals surface area contributed by atoms with Gasteiger partial charge in [0.2, 0.25) is 0 Å². The van der Waals surface area contributed by atoms with Gasteiger partial charge in [0, 0.05) is 49.9 Å². The molecule has 2 heterocycles. The van der Waals surface area contributed by atoms with Gasteiger partial charge in [-0.15, -0.1) is 0 Å². The molecule has 1 aromatic heterocycles. The second-order valence-corrected chi connectivity index (χ2v) is 5.92. The van der Waals surface area contributed by atoms with Crippen molar-refractivity contribution >= 4 is 0 Å². The minimum absolute atomic E-state index is 0.535. The summed E-state index contributed by atoms with van der Waals surface area (Å²) >= 11 is 0. The summed E-state index contributed by atoms with van der Waals surface area (Å²) in [4.78, 5) is 11.7. The molecule has 4 nitrogen and oxygen atoms in total. The molecule has 0 radical (unpaired) electrons. The van der Waals surface area contributed by atoms with E-state index in [4.69, 9.17) is 4.98 Å². The van der Waals surface area contributed by atoms with E-state index in [0.717, 1.165) is 31.9 Å². The maximum absolute atomic E-state index is 4.82. The van der Waals surface area contributed by atoms with Crippen molar-refractivity contribution in [3.63, 3.8) is 0 Å². The number of hydrogen-bond donors (Lipinski definition) is 1. The molecule has 1 saturated carbocycles. The quantitative estimate of drug-likeness (QED) is 0.896. The molecule has 1 unspecified atom stereocenters. The van der Waals surface area contributed by atoms with Crippen LogP contribution in [-0.4, -0.2) is 47.6 Å². The number of likely N-dealkylation sites (N-methyl/N-ethyl adjacent to an activating group) is 1. The fourth-order valence-electron chi connectivity index (χ4n) is 3.26. The van der Waals surface area contributed by atoms with Crippen LogP contribution < -0.4 is 5.32 Å². The summed E-state index contributed by atoms with van der Waals surface area (Å²) in [5.74, 6) is 1.70. The Morgan fingerprint density at radius 3 is 3.00 bits per heavy atom. The highest BCUT2D eigenvalue weighted by Crippen LogP contribution is 2.32. The lowest BCUT2D eigenvalue weighted by Gasteiger charge is -2.32. The van der Waals surface area contributed by atoms with E-state index in [9.17, 15) is 0 Å². The second-order valence-electron chi connectivity index (χ2n) is 5.92. The molecule has 1 aromatic rings. The van der Waals surface area contributed by atoms with Crippen LogP contribution in [0.4, 0.5) is 0 Å². The Morgan fingerprint density at radius 2 is 2.21 bits per heavy atom. The number of piperazine rings is 1. The summed E-state index contributed by atoms with van der Waals surface area (Å²) in [6.45, 7) is 3.26. The molecule has 1 atom stereocenters. The van der Waals surface area contributed by atoms with E-state index in [0.29, 0.717) is 12.0 Å². The lowest BCUT2D eigenvalue weighted by atomic mass is 10.0. The highest BCUT2D eigenvalue weighted by Gasteiger charge is 2.22. The van der Waals surface area contributed by atoms with Gasteiger partial charge in [0.05, 0.1) is 0 Å². The lowest BCUT2D eigenvalue weighted by Crippen LogP contribution is -2.50. The van der Waals surface area contributed by atoms with Crippen molar-refractivity contribution in [2.45, 2.75) is 44.1 Å². The first kappa shape index (κ1) is 13.0. The van der Waals surface area contributed by atoms with Crippen LogP contribution in [0, 0.1) is 0 Å². The number of hydrogen-bond acceptors (Lipinski definition) is 4. The van der Waals surface area contributed by atoms with Crippen molar-refractivity contribution in [2.24, 2.45) is 0 Å². The summed E-state index contributed by atoms with van der Waals surface area (Å²) in [7, 11) is 2.20. The molecule has 4 heteroatoms. The van der Waals surface area contributed by atoms with Gasteiger partial charge in [-0.25, -0.2) is 9.97 Å². The van der Waals surface area contributed by atoms with E-state index in [1.165, 1.54) is 31.4 Å². The minimum Gasteiger partial charge on any atom is -0.314 e. The van der Waals surface area contributed by atoms with Crippen LogP contribution in [0.15, 0.2) is 12.3 Å². The first-order valence-electron chi connectivity index (χ1n) is 7.55. The summed E-state index contributed by atoms with van der Waals surface area (Å²) in [5.41, 5.74) is 1.27. The zero-order chi connectivity index (χ0) is 13.1. The van der Waals surface area contributed by atoms with E-state index < -0.39 is 0 Å². The summed E-state index contributed by atoms with van der Waals surface area (Å²) < 4.78 is 0. The summed E-state index contributed by atoms with van der Waals surface area (Å²) in [5, 5.41) is 3.46. The zero-order valence-electron chi connectivity index (χ0n) is 11.8. The van der Waals surface area contributed by atoms with E-state index in [1.807, 2.05) is 6.20 Å². The Morgan fingerprint density at radius 1 is 1.37 bits per heavy atom. The summed E-state index contributed by atoms with van der Waals surface area (Å²) in [6, 6.07) is 2.65. The molecule has 0 amide bonds. The second kappa shape index (κ2) is 5.97. The zero-order valence-corrected chi connectivity index (χ0v) is 11.8. The van der Waals surface area contributed by atoms with Crippen LogP contribution in [0.3, 0.4) is 0 Å². The van der Waals surface area contributed by atoms with Gasteiger partial charge in [-0.3, -0.25) is 0 Å². The standard InChI is InChI=1S/C15H24N4/c1-19-9-8-16-11-13(19)10-15-17-7-6-14(18-15)12-4-2-3-5-12/h6-7,12-13,16H,2-5,8-11H2,1H3. The van der Waals surface area contributed by atoms with E-state index >= 15 is 0 Å². The van der Waals surface area contributed by atoms with Gasteiger partial charge in [-0.2, -0.15) is 0 Å². The molecular weight excluding hydrogens is 236 g/mol. The van der Waals surface area contributed by atoms with Gasteiger partial charge >= 0.3 is 0 Å². The molecular formula is C15H24N4. The summed E-state index contributed by atoms with van der Waals surface area (Å²) in [6.07, 6.45) is 8.25. The molecule has 0 aromatic carbocycles. The Kier molecular flexibility index (Phi) is 4.09. The van der Waals surface area contributed by atoms with Crippen LogP contribution in [0.5, 0.6) is 0 Å². The average molecular weight is 260 g/mol. The normalized spacial score (nSPS) is 25.8. The first-order chi connectivity index (χ1) is 9.33. The van der Waals surface area contributed by atoms with Gasteiger partial charge in [-0.05, 0) is 26.0 Å². The molecule has 1 aliphatic heterocycles. The lowest BCUT2D eigenvalue weighted by molar-refractivity contribution is 0.197. The Labute approximate surface area is 115 Å². The SMILES string of the molecule is CN1CCNCC1Cc1nccc(C2CCCC2)n1. The highest BCUT2D eigenvalue weighted by atomic mass is 15.2. The van der Waals surface area contributed by atoms with Gasteiger partial charge in [0.25, 0.3) is 0 Å². The van der Waals surface area contributed by atoms with E-state index in [1.54, 1.807) is 0 Å². The number of nitrogens with zero attached hydrogens (tertiary/aromatic N) is 3. The van der Waals surface area contributed by atoms with Crippen LogP contribution in [0.1, 0.15) is 43.1 Å². The van der Waals surface area contributed by atoms with Crippen molar-refractivity contribution < 1.29 is 0 Å². The number of aromatic nitrogens is 2. The van der Waals surface area contributed by atoms with E-state index in [-0.39, 0.29) is 0 Å². The highest BCUT2D eigenvalue weighted by molar-refractivity contribution is 5.10. The molecule has 1 saturated heterocycles. The van der Waals surface area contributed by atoms with Crippen LogP contribution in [-0.2, 0) is 6.42 Å². The van der Waals surface area contributed by atoms with E-state index in [2.05, 4.69) is 28.3 Å².